The van der Waals surface area contributed by atoms with Crippen LogP contribution in [0.1, 0.15) is 70.8 Å². The van der Waals surface area contributed by atoms with Crippen LogP contribution in [0.15, 0.2) is 24.3 Å². The van der Waals surface area contributed by atoms with Gasteiger partial charge < -0.3 is 9.64 Å². The molecule has 23 heavy (non-hydrogen) atoms. The van der Waals surface area contributed by atoms with Crippen molar-refractivity contribution in [2.24, 2.45) is 0 Å². The average Bonchev–Trinajstić information content (AvgIpc) is 2.66. The van der Waals surface area contributed by atoms with E-state index in [0.29, 0.717) is 26.3 Å². The summed E-state index contributed by atoms with van der Waals surface area (Å²) in [5, 5.41) is 0. The van der Waals surface area contributed by atoms with E-state index in [0.717, 1.165) is 12.0 Å². The van der Waals surface area contributed by atoms with Gasteiger partial charge in [-0.1, -0.05) is 67.0 Å². The maximum atomic E-state index is 12.1. The molecule has 134 valence electrons. The number of amides is 1. The first-order chi connectivity index (χ1) is 11.2. The Bertz CT molecular complexity index is 368. The molecule has 3 heteroatoms. The van der Waals surface area contributed by atoms with E-state index in [1.165, 1.54) is 12.0 Å². The lowest BCUT2D eigenvalue weighted by molar-refractivity contribution is 0.0303. The van der Waals surface area contributed by atoms with Gasteiger partial charge in [0.25, 0.3) is 5.91 Å². The van der Waals surface area contributed by atoms with Gasteiger partial charge in [0.1, 0.15) is 0 Å². The minimum atomic E-state index is 0.117. The van der Waals surface area contributed by atoms with Crippen molar-refractivity contribution in [1.82, 2.24) is 4.90 Å². The van der Waals surface area contributed by atoms with Gasteiger partial charge in [-0.15, -0.1) is 0 Å². The molecule has 1 aliphatic rings. The summed E-state index contributed by atoms with van der Waals surface area (Å²) in [6, 6.07) is 7.87. The van der Waals surface area contributed by atoms with E-state index in [1.807, 2.05) is 56.9 Å². The molecule has 1 amide bonds. The SMILES string of the molecule is CC.CC.CCC.CCc1ccc(C(=O)N2CCOCC2)cc1. The second kappa shape index (κ2) is 17.0. The van der Waals surface area contributed by atoms with Crippen LogP contribution >= 0.6 is 0 Å². The summed E-state index contributed by atoms with van der Waals surface area (Å²) in [6.45, 7) is 17.1. The molecule has 1 aliphatic heterocycles. The molecule has 1 aromatic rings. The van der Waals surface area contributed by atoms with Crippen molar-refractivity contribution in [2.45, 2.75) is 61.3 Å². The van der Waals surface area contributed by atoms with Gasteiger partial charge in [0, 0.05) is 18.7 Å². The van der Waals surface area contributed by atoms with E-state index in [4.69, 9.17) is 4.74 Å². The highest BCUT2D eigenvalue weighted by molar-refractivity contribution is 5.94. The van der Waals surface area contributed by atoms with Gasteiger partial charge in [0.15, 0.2) is 0 Å². The second-order valence-electron chi connectivity index (χ2n) is 4.66. The Morgan fingerprint density at radius 1 is 0.957 bits per heavy atom. The maximum Gasteiger partial charge on any atom is 0.254 e. The van der Waals surface area contributed by atoms with E-state index >= 15 is 0 Å². The Balaban J connectivity index is 0. The molecule has 0 unspecified atom stereocenters. The molecule has 0 bridgehead atoms. The van der Waals surface area contributed by atoms with E-state index in [-0.39, 0.29) is 5.91 Å². The fourth-order valence-electron chi connectivity index (χ4n) is 1.83. The Morgan fingerprint density at radius 3 is 1.78 bits per heavy atom. The van der Waals surface area contributed by atoms with E-state index in [2.05, 4.69) is 20.8 Å². The number of hydrogen-bond acceptors (Lipinski definition) is 2. The van der Waals surface area contributed by atoms with Crippen LogP contribution in [0.2, 0.25) is 0 Å². The summed E-state index contributed by atoms with van der Waals surface area (Å²) in [7, 11) is 0. The Morgan fingerprint density at radius 2 is 1.39 bits per heavy atom. The fraction of sp³-hybridized carbons (Fsp3) is 0.650. The lowest BCUT2D eigenvalue weighted by Gasteiger charge is -2.26. The second-order valence-corrected chi connectivity index (χ2v) is 4.66. The van der Waals surface area contributed by atoms with Crippen molar-refractivity contribution in [3.8, 4) is 0 Å². The Labute approximate surface area is 144 Å². The van der Waals surface area contributed by atoms with Gasteiger partial charge in [0.05, 0.1) is 13.2 Å². The highest BCUT2D eigenvalue weighted by Crippen LogP contribution is 2.09. The highest BCUT2D eigenvalue weighted by atomic mass is 16.5. The maximum absolute atomic E-state index is 12.1. The Kier molecular flexibility index (Phi) is 17.7. The van der Waals surface area contributed by atoms with Crippen LogP contribution in [0.3, 0.4) is 0 Å². The van der Waals surface area contributed by atoms with Crippen LogP contribution in [0.4, 0.5) is 0 Å². The molecule has 3 nitrogen and oxygen atoms in total. The van der Waals surface area contributed by atoms with E-state index in [9.17, 15) is 4.79 Å². The van der Waals surface area contributed by atoms with Crippen molar-refractivity contribution in [2.75, 3.05) is 26.3 Å². The van der Waals surface area contributed by atoms with Gasteiger partial charge in [-0.05, 0) is 24.1 Å². The van der Waals surface area contributed by atoms with Crippen molar-refractivity contribution < 1.29 is 9.53 Å². The third kappa shape index (κ3) is 10.1. The third-order valence-electron chi connectivity index (χ3n) is 2.91. The fourth-order valence-corrected chi connectivity index (χ4v) is 1.83. The number of aryl methyl sites for hydroxylation is 1. The first-order valence-electron chi connectivity index (χ1n) is 9.18. The zero-order valence-corrected chi connectivity index (χ0v) is 16.3. The van der Waals surface area contributed by atoms with Crippen LogP contribution in [-0.4, -0.2) is 37.1 Å². The van der Waals surface area contributed by atoms with Crippen LogP contribution in [0, 0.1) is 0 Å². The number of rotatable bonds is 2. The molecule has 2 rings (SSSR count). The van der Waals surface area contributed by atoms with Crippen LogP contribution in [-0.2, 0) is 11.2 Å². The third-order valence-corrected chi connectivity index (χ3v) is 2.91. The van der Waals surface area contributed by atoms with Crippen LogP contribution in [0.25, 0.3) is 0 Å². The topological polar surface area (TPSA) is 29.5 Å². The number of hydrogen-bond donors (Lipinski definition) is 0. The molecule has 0 aromatic heterocycles. The smallest absolute Gasteiger partial charge is 0.254 e. The van der Waals surface area contributed by atoms with Crippen molar-refractivity contribution in [1.29, 1.82) is 0 Å². The molecule has 0 saturated carbocycles. The van der Waals surface area contributed by atoms with Gasteiger partial charge in [-0.25, -0.2) is 0 Å². The minimum absolute atomic E-state index is 0.117. The minimum Gasteiger partial charge on any atom is -0.378 e. The predicted molar refractivity (Wildman–Crippen MR) is 101 cm³/mol. The number of carbonyl (C=O) groups excluding carboxylic acids is 1. The summed E-state index contributed by atoms with van der Waals surface area (Å²) >= 11 is 0. The molecule has 1 fully saturated rings. The standard InChI is InChI=1S/C13H17NO2.C3H8.2C2H6/c1-2-11-3-5-12(6-4-11)13(15)14-7-9-16-10-8-14;1-3-2;2*1-2/h3-6H,2,7-10H2,1H3;3H2,1-2H3;2*1-2H3. The van der Waals surface area contributed by atoms with Gasteiger partial charge in [0.2, 0.25) is 0 Å². The zero-order valence-electron chi connectivity index (χ0n) is 16.3. The van der Waals surface area contributed by atoms with Gasteiger partial charge in [-0.2, -0.15) is 0 Å². The lowest BCUT2D eigenvalue weighted by Crippen LogP contribution is -2.40. The number of morpholine rings is 1. The number of ether oxygens (including phenoxy) is 1. The molecule has 1 heterocycles. The molecule has 1 saturated heterocycles. The van der Waals surface area contributed by atoms with Crippen molar-refractivity contribution in [3.63, 3.8) is 0 Å². The van der Waals surface area contributed by atoms with Gasteiger partial charge in [-0.3, -0.25) is 4.79 Å². The summed E-state index contributed by atoms with van der Waals surface area (Å²) in [5.74, 6) is 0.117. The Hall–Kier alpha value is -1.35. The first kappa shape index (κ1) is 23.9. The summed E-state index contributed by atoms with van der Waals surface area (Å²) in [6.07, 6.45) is 2.26. The van der Waals surface area contributed by atoms with E-state index in [1.54, 1.807) is 0 Å². The normalized spacial score (nSPS) is 12.6. The first-order valence-corrected chi connectivity index (χ1v) is 9.18. The predicted octanol–water partition coefficient (Wildman–Crippen LogP) is 5.19. The molecule has 0 aliphatic carbocycles. The largest absolute Gasteiger partial charge is 0.378 e. The van der Waals surface area contributed by atoms with E-state index < -0.39 is 0 Å². The van der Waals surface area contributed by atoms with Crippen molar-refractivity contribution >= 4 is 5.91 Å². The zero-order chi connectivity index (χ0) is 18.1. The van der Waals surface area contributed by atoms with Crippen LogP contribution in [0.5, 0.6) is 0 Å². The molecular formula is C20H37NO2. The molecule has 0 N–H and O–H groups in total. The van der Waals surface area contributed by atoms with Crippen molar-refractivity contribution in [3.05, 3.63) is 35.4 Å². The lowest BCUT2D eigenvalue weighted by atomic mass is 10.1. The average molecular weight is 324 g/mol. The molecule has 1 aromatic carbocycles. The molecule has 0 radical (unpaired) electrons. The molecular weight excluding hydrogens is 286 g/mol. The number of carbonyl (C=O) groups is 1. The quantitative estimate of drug-likeness (QED) is 0.749. The summed E-state index contributed by atoms with van der Waals surface area (Å²) in [4.78, 5) is 13.9. The highest BCUT2D eigenvalue weighted by Gasteiger charge is 2.17. The monoisotopic (exact) mass is 323 g/mol. The van der Waals surface area contributed by atoms with Crippen LogP contribution < -0.4 is 0 Å². The summed E-state index contributed by atoms with van der Waals surface area (Å²) < 4.78 is 5.23. The molecule has 0 spiro atoms. The summed E-state index contributed by atoms with van der Waals surface area (Å²) in [5.41, 5.74) is 2.04. The molecule has 0 atom stereocenters. The number of nitrogens with zero attached hydrogens (tertiary/aromatic N) is 1. The number of benzene rings is 1. The van der Waals surface area contributed by atoms with Gasteiger partial charge >= 0.3 is 0 Å².